The number of sulfone groups is 1. The van der Waals surface area contributed by atoms with E-state index in [-0.39, 0.29) is 24.5 Å². The minimum Gasteiger partial charge on any atom is -0.497 e. The number of methoxy groups -OCH3 is 1. The van der Waals surface area contributed by atoms with E-state index < -0.39 is 32.8 Å². The lowest BCUT2D eigenvalue weighted by Gasteiger charge is -2.36. The molecule has 2 aromatic carbocycles. The Kier molecular flexibility index (Phi) is 6.74. The number of hydrogen-bond donors (Lipinski definition) is 4. The van der Waals surface area contributed by atoms with Crippen LogP contribution in [-0.4, -0.2) is 55.4 Å². The number of aliphatic hydroxyl groups is 1. The normalized spacial score (nSPS) is 21.0. The first-order valence-electron chi connectivity index (χ1n) is 9.27. The van der Waals surface area contributed by atoms with Gasteiger partial charge in [-0.25, -0.2) is 13.9 Å². The first kappa shape index (κ1) is 22.2. The van der Waals surface area contributed by atoms with Crippen molar-refractivity contribution in [2.45, 2.75) is 34.9 Å². The number of ether oxygens (including phenoxy) is 2. The van der Waals surface area contributed by atoms with Crippen molar-refractivity contribution in [3.63, 3.8) is 0 Å². The highest BCUT2D eigenvalue weighted by atomic mass is 32.2. The molecule has 162 valence electrons. The van der Waals surface area contributed by atoms with Crippen LogP contribution < -0.4 is 15.5 Å². The van der Waals surface area contributed by atoms with Gasteiger partial charge in [0, 0.05) is 13.0 Å². The van der Waals surface area contributed by atoms with Gasteiger partial charge in [0.2, 0.25) is 14.7 Å². The molecule has 1 amide bonds. The summed E-state index contributed by atoms with van der Waals surface area (Å²) < 4.78 is 38.0. The molecule has 2 aromatic rings. The minimum atomic E-state index is -4.45. The van der Waals surface area contributed by atoms with E-state index in [1.54, 1.807) is 24.3 Å². The summed E-state index contributed by atoms with van der Waals surface area (Å²) in [6, 6.07) is 14.4. The van der Waals surface area contributed by atoms with Crippen LogP contribution in [0.15, 0.2) is 59.5 Å². The van der Waals surface area contributed by atoms with E-state index in [2.05, 4.69) is 5.32 Å². The molecule has 0 saturated carbocycles. The Balaban J connectivity index is 2.11. The molecular formula is C20H24N2O7S. The number of aliphatic hydroxyl groups excluding tert-OH is 1. The number of carbonyl (C=O) groups excluding carboxylic acids is 1. The summed E-state index contributed by atoms with van der Waals surface area (Å²) in [4.78, 5) is 10.3. The molecule has 30 heavy (non-hydrogen) atoms. The fraction of sp³-hybridized carbons (Fsp3) is 0.350. The van der Waals surface area contributed by atoms with Crippen LogP contribution in [0.3, 0.4) is 0 Å². The number of amides is 1. The molecule has 1 aliphatic rings. The van der Waals surface area contributed by atoms with Crippen molar-refractivity contribution in [3.8, 4) is 5.75 Å². The summed E-state index contributed by atoms with van der Waals surface area (Å²) in [6.45, 7) is -0.129. The monoisotopic (exact) mass is 436 g/mol. The van der Waals surface area contributed by atoms with Gasteiger partial charge in [-0.2, -0.15) is 0 Å². The molecule has 1 fully saturated rings. The molecule has 1 saturated heterocycles. The third-order valence-corrected chi connectivity index (χ3v) is 7.39. The van der Waals surface area contributed by atoms with Gasteiger partial charge in [-0.1, -0.05) is 30.3 Å². The Morgan fingerprint density at radius 3 is 2.40 bits per heavy atom. The summed E-state index contributed by atoms with van der Waals surface area (Å²) in [5, 5.41) is 22.2. The summed E-state index contributed by atoms with van der Waals surface area (Å²) in [5.74, 6) is -0.760. The van der Waals surface area contributed by atoms with Gasteiger partial charge in [0.05, 0.1) is 24.7 Å². The minimum absolute atomic E-state index is 0.000397. The Labute approximate surface area is 174 Å². The second-order valence-electron chi connectivity index (χ2n) is 6.91. The standard InChI is InChI=1S/C20H24N2O7S/c1-28-16-7-9-17(10-8-16)30(26,27)20(19(24)22-25,18-11-15(23)13-29-18)21-12-14-5-3-2-4-6-14/h2-10,15,18,21,23,25H,11-13H2,1H3,(H,22,24)/t15-,18+,20+/m0/s1. The van der Waals surface area contributed by atoms with E-state index in [1.807, 2.05) is 6.07 Å². The third-order valence-electron chi connectivity index (χ3n) is 5.06. The average molecular weight is 436 g/mol. The number of hydroxylamine groups is 1. The zero-order valence-electron chi connectivity index (χ0n) is 16.3. The smallest absolute Gasteiger partial charge is 0.282 e. The van der Waals surface area contributed by atoms with Crippen LogP contribution in [-0.2, 0) is 25.9 Å². The number of carbonyl (C=O) groups is 1. The number of nitrogens with one attached hydrogen (secondary N) is 2. The Morgan fingerprint density at radius 2 is 1.87 bits per heavy atom. The molecule has 10 heteroatoms. The van der Waals surface area contributed by atoms with Crippen molar-refractivity contribution < 1.29 is 33.0 Å². The predicted octanol–water partition coefficient (Wildman–Crippen LogP) is 0.610. The summed E-state index contributed by atoms with van der Waals surface area (Å²) in [7, 11) is -3.00. The second kappa shape index (κ2) is 9.11. The number of hydrogen-bond acceptors (Lipinski definition) is 8. The largest absolute Gasteiger partial charge is 0.497 e. The number of benzene rings is 2. The lowest BCUT2D eigenvalue weighted by Crippen LogP contribution is -2.67. The molecule has 3 rings (SSSR count). The lowest BCUT2D eigenvalue weighted by molar-refractivity contribution is -0.137. The lowest BCUT2D eigenvalue weighted by atomic mass is 10.0. The zero-order chi connectivity index (χ0) is 21.8. The SMILES string of the molecule is COc1ccc(S(=O)(=O)[C@@](NCc2ccccc2)(C(=O)NO)[C@H]2C[C@H](O)CO2)cc1. The molecule has 0 radical (unpaired) electrons. The highest BCUT2D eigenvalue weighted by Gasteiger charge is 2.59. The molecule has 0 aliphatic carbocycles. The second-order valence-corrected chi connectivity index (χ2v) is 9.03. The average Bonchev–Trinajstić information content (AvgIpc) is 3.20. The van der Waals surface area contributed by atoms with Crippen molar-refractivity contribution in [3.05, 3.63) is 60.2 Å². The molecule has 0 bridgehead atoms. The molecular weight excluding hydrogens is 412 g/mol. The van der Waals surface area contributed by atoms with Crippen molar-refractivity contribution in [1.29, 1.82) is 0 Å². The molecule has 0 spiro atoms. The summed E-state index contributed by atoms with van der Waals surface area (Å²) >= 11 is 0. The maximum atomic E-state index is 13.7. The van der Waals surface area contributed by atoms with Gasteiger partial charge in [0.25, 0.3) is 5.91 Å². The van der Waals surface area contributed by atoms with Crippen LogP contribution in [0.25, 0.3) is 0 Å². The van der Waals surface area contributed by atoms with E-state index >= 15 is 0 Å². The Hall–Kier alpha value is -2.50. The van der Waals surface area contributed by atoms with Crippen LogP contribution in [0.4, 0.5) is 0 Å². The third kappa shape index (κ3) is 4.05. The van der Waals surface area contributed by atoms with Gasteiger partial charge >= 0.3 is 0 Å². The van der Waals surface area contributed by atoms with E-state index in [0.29, 0.717) is 5.75 Å². The van der Waals surface area contributed by atoms with E-state index in [4.69, 9.17) is 9.47 Å². The van der Waals surface area contributed by atoms with Crippen molar-refractivity contribution in [2.75, 3.05) is 13.7 Å². The highest BCUT2D eigenvalue weighted by molar-refractivity contribution is 7.93. The van der Waals surface area contributed by atoms with Gasteiger partial charge in [0.15, 0.2) is 0 Å². The first-order chi connectivity index (χ1) is 14.3. The maximum absolute atomic E-state index is 13.7. The van der Waals surface area contributed by atoms with Gasteiger partial charge in [-0.3, -0.25) is 15.3 Å². The Morgan fingerprint density at radius 1 is 1.20 bits per heavy atom. The predicted molar refractivity (Wildman–Crippen MR) is 106 cm³/mol. The van der Waals surface area contributed by atoms with Gasteiger partial charge < -0.3 is 14.6 Å². The topological polar surface area (TPSA) is 134 Å². The molecule has 4 N–H and O–H groups in total. The summed E-state index contributed by atoms with van der Waals surface area (Å²) in [5.41, 5.74) is 2.18. The fourth-order valence-electron chi connectivity index (χ4n) is 3.48. The van der Waals surface area contributed by atoms with Gasteiger partial charge in [-0.15, -0.1) is 0 Å². The van der Waals surface area contributed by atoms with Crippen LogP contribution in [0.2, 0.25) is 0 Å². The van der Waals surface area contributed by atoms with Crippen molar-refractivity contribution in [2.24, 2.45) is 0 Å². The quantitative estimate of drug-likeness (QED) is 0.349. The molecule has 3 atom stereocenters. The molecule has 0 aromatic heterocycles. The number of rotatable bonds is 8. The van der Waals surface area contributed by atoms with E-state index in [1.165, 1.54) is 36.9 Å². The first-order valence-corrected chi connectivity index (χ1v) is 10.8. The summed E-state index contributed by atoms with van der Waals surface area (Å²) in [6.07, 6.45) is -2.29. The van der Waals surface area contributed by atoms with Crippen LogP contribution in [0.1, 0.15) is 12.0 Å². The van der Waals surface area contributed by atoms with E-state index in [9.17, 15) is 23.5 Å². The van der Waals surface area contributed by atoms with Crippen molar-refractivity contribution in [1.82, 2.24) is 10.8 Å². The highest BCUT2D eigenvalue weighted by Crippen LogP contribution is 2.35. The van der Waals surface area contributed by atoms with Crippen LogP contribution in [0.5, 0.6) is 5.75 Å². The molecule has 1 heterocycles. The fourth-order valence-corrected chi connectivity index (χ4v) is 5.41. The van der Waals surface area contributed by atoms with Gasteiger partial charge in [0.1, 0.15) is 11.9 Å². The van der Waals surface area contributed by atoms with Crippen molar-refractivity contribution >= 4 is 15.7 Å². The molecule has 9 nitrogen and oxygen atoms in total. The molecule has 0 unspecified atom stereocenters. The van der Waals surface area contributed by atoms with E-state index in [0.717, 1.165) is 5.56 Å². The van der Waals surface area contributed by atoms with Crippen LogP contribution in [0, 0.1) is 0 Å². The van der Waals surface area contributed by atoms with Gasteiger partial charge in [-0.05, 0) is 29.8 Å². The maximum Gasteiger partial charge on any atom is 0.282 e. The Bertz CT molecular complexity index is 966. The zero-order valence-corrected chi connectivity index (χ0v) is 17.1. The van der Waals surface area contributed by atoms with Crippen LogP contribution >= 0.6 is 0 Å². The molecule has 1 aliphatic heterocycles.